The van der Waals surface area contributed by atoms with Gasteiger partial charge in [0.1, 0.15) is 0 Å². The Labute approximate surface area is 183 Å². The summed E-state index contributed by atoms with van der Waals surface area (Å²) >= 11 is 0. The van der Waals surface area contributed by atoms with Crippen LogP contribution >= 0.6 is 0 Å². The Morgan fingerprint density at radius 3 is 2.81 bits per heavy atom. The number of nitrogens with one attached hydrogen (secondary N) is 1. The number of fused-ring (bicyclic) bond motifs is 2. The van der Waals surface area contributed by atoms with Crippen molar-refractivity contribution in [1.82, 2.24) is 24.4 Å². The minimum Gasteiger partial charge on any atom is -0.338 e. The molecule has 32 heavy (non-hydrogen) atoms. The van der Waals surface area contributed by atoms with Crippen LogP contribution in [0, 0.1) is 11.6 Å². The Morgan fingerprint density at radius 1 is 1.19 bits per heavy atom. The highest BCUT2D eigenvalue weighted by Gasteiger charge is 2.28. The number of halogens is 2. The Hall–Kier alpha value is -3.07. The highest BCUT2D eigenvalue weighted by atomic mass is 19.2. The van der Waals surface area contributed by atoms with Crippen molar-refractivity contribution in [2.24, 2.45) is 0 Å². The Balaban J connectivity index is 1.47. The number of benzene rings is 1. The fourth-order valence-electron chi connectivity index (χ4n) is 4.84. The molecule has 0 saturated carbocycles. The number of nitrogens with zero attached hydrogens (tertiary/aromatic N) is 4. The van der Waals surface area contributed by atoms with Gasteiger partial charge in [0.2, 0.25) is 5.91 Å². The molecule has 0 aliphatic carbocycles. The first-order valence-corrected chi connectivity index (χ1v) is 11.0. The van der Waals surface area contributed by atoms with Gasteiger partial charge in [-0.05, 0) is 37.1 Å². The van der Waals surface area contributed by atoms with E-state index in [0.717, 1.165) is 43.3 Å². The summed E-state index contributed by atoms with van der Waals surface area (Å²) in [5.74, 6) is -1.75. The summed E-state index contributed by atoms with van der Waals surface area (Å²) in [6, 6.07) is 5.94. The third kappa shape index (κ3) is 3.70. The van der Waals surface area contributed by atoms with Crippen LogP contribution in [0.3, 0.4) is 0 Å². The van der Waals surface area contributed by atoms with E-state index in [1.165, 1.54) is 17.5 Å². The number of hydrogen-bond acceptors (Lipinski definition) is 4. The van der Waals surface area contributed by atoms with Gasteiger partial charge < -0.3 is 4.90 Å². The molecule has 2 aromatic heterocycles. The normalized spacial score (nSPS) is 19.3. The fraction of sp³-hybridized carbons (Fsp3) is 0.435. The molecular formula is C23H25F2N5O2. The van der Waals surface area contributed by atoms with Gasteiger partial charge in [0.25, 0.3) is 5.56 Å². The summed E-state index contributed by atoms with van der Waals surface area (Å²) in [4.78, 5) is 33.5. The van der Waals surface area contributed by atoms with Crippen LogP contribution in [0.5, 0.6) is 0 Å². The number of carbonyl (C=O) groups excluding carboxylic acids is 1. The molecular weight excluding hydrogens is 416 g/mol. The number of rotatable bonds is 3. The van der Waals surface area contributed by atoms with Crippen LogP contribution in [0.2, 0.25) is 0 Å². The molecule has 0 spiro atoms. The maximum atomic E-state index is 13.7. The number of hydrogen-bond donors (Lipinski definition) is 1. The lowest BCUT2D eigenvalue weighted by atomic mass is 9.98. The summed E-state index contributed by atoms with van der Waals surface area (Å²) in [6.07, 6.45) is 3.52. The zero-order valence-corrected chi connectivity index (χ0v) is 17.9. The topological polar surface area (TPSA) is 73.7 Å². The van der Waals surface area contributed by atoms with Gasteiger partial charge in [-0.3, -0.25) is 19.6 Å². The fourth-order valence-corrected chi connectivity index (χ4v) is 4.84. The van der Waals surface area contributed by atoms with Crippen molar-refractivity contribution in [2.75, 3.05) is 13.1 Å². The van der Waals surface area contributed by atoms with E-state index in [0.29, 0.717) is 36.3 Å². The third-order valence-electron chi connectivity index (χ3n) is 6.57. The van der Waals surface area contributed by atoms with Crippen molar-refractivity contribution in [3.8, 4) is 0 Å². The zero-order chi connectivity index (χ0) is 22.4. The van der Waals surface area contributed by atoms with Crippen LogP contribution in [0.1, 0.15) is 54.7 Å². The Morgan fingerprint density at radius 2 is 2.03 bits per heavy atom. The van der Waals surface area contributed by atoms with Crippen molar-refractivity contribution in [3.63, 3.8) is 0 Å². The van der Waals surface area contributed by atoms with Crippen molar-refractivity contribution in [1.29, 1.82) is 0 Å². The van der Waals surface area contributed by atoms with E-state index in [1.54, 1.807) is 11.0 Å². The maximum Gasteiger partial charge on any atom is 0.277 e. The standard InChI is InChI=1S/C23H25F2N5O2/c1-14(31)28-9-7-19-16(13-28)23(32)30-22(26-19)11-20(27-30)21-4-2-3-8-29(21)12-15-5-6-17(24)18(25)10-15/h5-6,10-11,21,27H,2-4,7-9,12-13H2,1H3/t21-/m1/s1. The first-order chi connectivity index (χ1) is 15.4. The Kier molecular flexibility index (Phi) is 5.28. The van der Waals surface area contributed by atoms with Crippen molar-refractivity contribution >= 4 is 11.6 Å². The molecule has 1 saturated heterocycles. The highest BCUT2D eigenvalue weighted by molar-refractivity contribution is 5.73. The summed E-state index contributed by atoms with van der Waals surface area (Å²) < 4.78 is 28.5. The number of likely N-dealkylation sites (tertiary alicyclic amines) is 1. The van der Waals surface area contributed by atoms with E-state index in [9.17, 15) is 18.4 Å². The van der Waals surface area contributed by atoms with Crippen LogP contribution in [-0.4, -0.2) is 43.4 Å². The predicted octanol–water partition coefficient (Wildman–Crippen LogP) is 2.93. The quantitative estimate of drug-likeness (QED) is 0.678. The summed E-state index contributed by atoms with van der Waals surface area (Å²) in [5, 5.41) is 3.23. The molecule has 2 aliphatic rings. The lowest BCUT2D eigenvalue weighted by molar-refractivity contribution is -0.129. The largest absolute Gasteiger partial charge is 0.338 e. The molecule has 1 atom stereocenters. The second-order valence-electron chi connectivity index (χ2n) is 8.67. The molecule has 1 amide bonds. The molecule has 0 bridgehead atoms. The second-order valence-corrected chi connectivity index (χ2v) is 8.67. The number of carbonyl (C=O) groups is 1. The number of H-pyrrole nitrogens is 1. The van der Waals surface area contributed by atoms with Gasteiger partial charge in [-0.25, -0.2) is 18.3 Å². The molecule has 5 rings (SSSR count). The predicted molar refractivity (Wildman–Crippen MR) is 114 cm³/mol. The van der Waals surface area contributed by atoms with Gasteiger partial charge in [0.15, 0.2) is 17.3 Å². The van der Waals surface area contributed by atoms with Gasteiger partial charge in [-0.2, -0.15) is 0 Å². The number of aromatic nitrogens is 3. The third-order valence-corrected chi connectivity index (χ3v) is 6.57. The lowest BCUT2D eigenvalue weighted by Gasteiger charge is -2.35. The number of piperidine rings is 1. The van der Waals surface area contributed by atoms with Gasteiger partial charge in [-0.15, -0.1) is 0 Å². The van der Waals surface area contributed by atoms with E-state index < -0.39 is 11.6 Å². The minimum absolute atomic E-state index is 0.0173. The first kappa shape index (κ1) is 20.8. The molecule has 0 unspecified atom stereocenters. The number of amides is 1. The van der Waals surface area contributed by atoms with Gasteiger partial charge >= 0.3 is 0 Å². The molecule has 168 valence electrons. The summed E-state index contributed by atoms with van der Waals surface area (Å²) in [6.45, 7) is 3.66. The average Bonchev–Trinajstić information content (AvgIpc) is 3.21. The van der Waals surface area contributed by atoms with Gasteiger partial charge in [-0.1, -0.05) is 12.5 Å². The summed E-state index contributed by atoms with van der Waals surface area (Å²) in [7, 11) is 0. The minimum atomic E-state index is -0.850. The maximum absolute atomic E-state index is 13.7. The highest BCUT2D eigenvalue weighted by Crippen LogP contribution is 2.32. The molecule has 2 aliphatic heterocycles. The van der Waals surface area contributed by atoms with Crippen molar-refractivity contribution in [3.05, 3.63) is 68.8 Å². The van der Waals surface area contributed by atoms with Crippen LogP contribution in [0.4, 0.5) is 8.78 Å². The monoisotopic (exact) mass is 441 g/mol. The smallest absolute Gasteiger partial charge is 0.277 e. The van der Waals surface area contributed by atoms with E-state index >= 15 is 0 Å². The number of aromatic amines is 1. The molecule has 3 aromatic rings. The molecule has 1 N–H and O–H groups in total. The SMILES string of the molecule is CC(=O)N1CCc2nc3cc([C@H]4CCCCN4Cc4ccc(F)c(F)c4)[nH]n3c(=O)c2C1. The Bertz CT molecular complexity index is 1250. The molecule has 0 radical (unpaired) electrons. The second kappa shape index (κ2) is 8.12. The zero-order valence-electron chi connectivity index (χ0n) is 17.9. The summed E-state index contributed by atoms with van der Waals surface area (Å²) in [5.41, 5.74) is 3.29. The molecule has 1 aromatic carbocycles. The lowest BCUT2D eigenvalue weighted by Crippen LogP contribution is -2.39. The van der Waals surface area contributed by atoms with E-state index in [1.807, 2.05) is 6.07 Å². The van der Waals surface area contributed by atoms with E-state index in [2.05, 4.69) is 10.00 Å². The molecule has 4 heterocycles. The first-order valence-electron chi connectivity index (χ1n) is 11.0. The van der Waals surface area contributed by atoms with Crippen LogP contribution in [0.25, 0.3) is 5.65 Å². The molecule has 9 heteroatoms. The van der Waals surface area contributed by atoms with E-state index in [-0.39, 0.29) is 24.1 Å². The van der Waals surface area contributed by atoms with E-state index in [4.69, 9.17) is 4.98 Å². The van der Waals surface area contributed by atoms with Crippen LogP contribution < -0.4 is 5.56 Å². The van der Waals surface area contributed by atoms with Gasteiger partial charge in [0.05, 0.1) is 29.5 Å². The molecule has 7 nitrogen and oxygen atoms in total. The van der Waals surface area contributed by atoms with Crippen molar-refractivity contribution < 1.29 is 13.6 Å². The molecule has 1 fully saturated rings. The van der Waals surface area contributed by atoms with Crippen molar-refractivity contribution in [2.45, 2.75) is 51.7 Å². The van der Waals surface area contributed by atoms with Crippen LogP contribution in [0.15, 0.2) is 29.1 Å². The average molecular weight is 441 g/mol. The van der Waals surface area contributed by atoms with Gasteiger partial charge in [0, 0.05) is 32.5 Å². The van der Waals surface area contributed by atoms with Crippen LogP contribution in [-0.2, 0) is 24.3 Å².